The number of rotatable bonds is 5. The Kier molecular flexibility index (Phi) is 5.88. The van der Waals surface area contributed by atoms with Gasteiger partial charge in [0.2, 0.25) is 0 Å². The normalized spacial score (nSPS) is 36.1. The summed E-state index contributed by atoms with van der Waals surface area (Å²) in [7, 11) is 4.48. The van der Waals surface area contributed by atoms with Crippen LogP contribution in [0, 0.1) is 17.8 Å². The van der Waals surface area contributed by atoms with E-state index in [-0.39, 0.29) is 6.10 Å². The van der Waals surface area contributed by atoms with Crippen LogP contribution in [0.4, 0.5) is 0 Å². The van der Waals surface area contributed by atoms with Gasteiger partial charge in [-0.25, -0.2) is 0 Å². The van der Waals surface area contributed by atoms with Crippen molar-refractivity contribution in [2.45, 2.75) is 58.1 Å². The van der Waals surface area contributed by atoms with Crippen LogP contribution in [0.1, 0.15) is 46.0 Å². The molecule has 118 valence electrons. The van der Waals surface area contributed by atoms with Gasteiger partial charge in [0.25, 0.3) is 0 Å². The predicted molar refractivity (Wildman–Crippen MR) is 84.8 cm³/mol. The fraction of sp³-hybridized carbons (Fsp3) is 1.00. The van der Waals surface area contributed by atoms with Crippen LogP contribution < -0.4 is 0 Å². The molecule has 0 aromatic carbocycles. The number of aliphatic hydroxyl groups excluding tert-OH is 1. The van der Waals surface area contributed by atoms with Gasteiger partial charge in [-0.3, -0.25) is 0 Å². The summed E-state index contributed by atoms with van der Waals surface area (Å²) >= 11 is 0. The molecular weight excluding hydrogens is 248 g/mol. The van der Waals surface area contributed by atoms with Crippen molar-refractivity contribution in [2.75, 3.05) is 33.7 Å². The number of hydrogen-bond donors (Lipinski definition) is 1. The van der Waals surface area contributed by atoms with E-state index in [9.17, 15) is 5.11 Å². The number of nitrogens with zero attached hydrogens (tertiary/aromatic N) is 2. The molecule has 0 aromatic rings. The van der Waals surface area contributed by atoms with E-state index in [1.165, 1.54) is 32.2 Å². The highest BCUT2D eigenvalue weighted by Crippen LogP contribution is 2.34. The van der Waals surface area contributed by atoms with Crippen molar-refractivity contribution in [3.63, 3.8) is 0 Å². The lowest BCUT2D eigenvalue weighted by atomic mass is 9.74. The van der Waals surface area contributed by atoms with Crippen LogP contribution >= 0.6 is 0 Å². The number of likely N-dealkylation sites (tertiary alicyclic amines) is 1. The lowest BCUT2D eigenvalue weighted by Crippen LogP contribution is -2.42. The third-order valence-electron chi connectivity index (χ3n) is 5.67. The smallest absolute Gasteiger partial charge is 0.0580 e. The van der Waals surface area contributed by atoms with Crippen molar-refractivity contribution >= 4 is 0 Å². The van der Waals surface area contributed by atoms with Crippen LogP contribution in [0.2, 0.25) is 0 Å². The van der Waals surface area contributed by atoms with Crippen LogP contribution in [0.15, 0.2) is 0 Å². The van der Waals surface area contributed by atoms with E-state index in [0.29, 0.717) is 5.92 Å². The van der Waals surface area contributed by atoms with Crippen molar-refractivity contribution in [1.82, 2.24) is 9.80 Å². The summed E-state index contributed by atoms with van der Waals surface area (Å²) in [4.78, 5) is 4.95. The zero-order valence-corrected chi connectivity index (χ0v) is 13.9. The van der Waals surface area contributed by atoms with Gasteiger partial charge in [0.05, 0.1) is 6.10 Å². The van der Waals surface area contributed by atoms with Crippen LogP contribution in [0.5, 0.6) is 0 Å². The number of likely N-dealkylation sites (N-methyl/N-ethyl adjacent to an activating group) is 2. The topological polar surface area (TPSA) is 26.7 Å². The summed E-state index contributed by atoms with van der Waals surface area (Å²) in [5.41, 5.74) is 0. The highest BCUT2D eigenvalue weighted by atomic mass is 16.3. The Hall–Kier alpha value is -0.120. The van der Waals surface area contributed by atoms with E-state index in [2.05, 4.69) is 37.7 Å². The minimum absolute atomic E-state index is 0.0752. The summed E-state index contributed by atoms with van der Waals surface area (Å²) in [6.45, 7) is 8.13. The van der Waals surface area contributed by atoms with Crippen molar-refractivity contribution in [3.05, 3.63) is 0 Å². The maximum atomic E-state index is 10.3. The van der Waals surface area contributed by atoms with Gasteiger partial charge in [-0.2, -0.15) is 0 Å². The molecule has 1 aliphatic heterocycles. The molecule has 3 nitrogen and oxygen atoms in total. The van der Waals surface area contributed by atoms with E-state index in [1.807, 2.05) is 0 Å². The van der Waals surface area contributed by atoms with E-state index in [4.69, 9.17) is 0 Å². The zero-order chi connectivity index (χ0) is 14.7. The van der Waals surface area contributed by atoms with Crippen LogP contribution in [-0.2, 0) is 0 Å². The first-order chi connectivity index (χ1) is 9.47. The largest absolute Gasteiger partial charge is 0.393 e. The predicted octanol–water partition coefficient (Wildman–Crippen LogP) is 2.45. The van der Waals surface area contributed by atoms with E-state index in [0.717, 1.165) is 37.4 Å². The Bertz CT molecular complexity index is 295. The molecule has 0 bridgehead atoms. The molecule has 0 aromatic heterocycles. The first-order valence-corrected chi connectivity index (χ1v) is 8.54. The van der Waals surface area contributed by atoms with Gasteiger partial charge in [-0.15, -0.1) is 0 Å². The Morgan fingerprint density at radius 3 is 2.55 bits per heavy atom. The lowest BCUT2D eigenvalue weighted by Gasteiger charge is -2.38. The molecule has 0 spiro atoms. The second kappa shape index (κ2) is 7.24. The minimum Gasteiger partial charge on any atom is -0.393 e. The first-order valence-electron chi connectivity index (χ1n) is 8.54. The Morgan fingerprint density at radius 2 is 1.95 bits per heavy atom. The van der Waals surface area contributed by atoms with Crippen molar-refractivity contribution in [3.8, 4) is 0 Å². The minimum atomic E-state index is -0.0752. The third kappa shape index (κ3) is 4.19. The van der Waals surface area contributed by atoms with Gasteiger partial charge in [0.15, 0.2) is 0 Å². The van der Waals surface area contributed by atoms with Gasteiger partial charge in [-0.05, 0) is 70.5 Å². The standard InChI is InChI=1S/C17H34N2O/c1-13(2)14-7-8-17(20)15(10-14)11-18(3)12-16-6-5-9-19(16)4/h13-17,20H,5-12H2,1-4H3. The van der Waals surface area contributed by atoms with Crippen molar-refractivity contribution in [1.29, 1.82) is 0 Å². The first kappa shape index (κ1) is 16.3. The number of aliphatic hydroxyl groups is 1. The molecule has 2 fully saturated rings. The summed E-state index contributed by atoms with van der Waals surface area (Å²) in [5.74, 6) is 2.05. The number of hydrogen-bond acceptors (Lipinski definition) is 3. The Labute approximate surface area is 125 Å². The highest BCUT2D eigenvalue weighted by Gasteiger charge is 2.32. The van der Waals surface area contributed by atoms with Crippen molar-refractivity contribution in [2.24, 2.45) is 17.8 Å². The second-order valence-electron chi connectivity index (χ2n) is 7.64. The highest BCUT2D eigenvalue weighted by molar-refractivity contribution is 4.85. The maximum Gasteiger partial charge on any atom is 0.0580 e. The molecule has 0 amide bonds. The average Bonchev–Trinajstić information content (AvgIpc) is 2.77. The molecule has 1 aliphatic carbocycles. The fourth-order valence-electron chi connectivity index (χ4n) is 4.13. The quantitative estimate of drug-likeness (QED) is 0.839. The molecule has 0 radical (unpaired) electrons. The Balaban J connectivity index is 1.81. The molecule has 1 saturated carbocycles. The van der Waals surface area contributed by atoms with E-state index in [1.54, 1.807) is 0 Å². The van der Waals surface area contributed by atoms with Gasteiger partial charge < -0.3 is 14.9 Å². The van der Waals surface area contributed by atoms with Crippen LogP contribution in [0.3, 0.4) is 0 Å². The molecule has 4 atom stereocenters. The monoisotopic (exact) mass is 282 g/mol. The third-order valence-corrected chi connectivity index (χ3v) is 5.67. The zero-order valence-electron chi connectivity index (χ0n) is 13.9. The average molecular weight is 282 g/mol. The summed E-state index contributed by atoms with van der Waals surface area (Å²) in [6, 6.07) is 0.724. The Morgan fingerprint density at radius 1 is 1.20 bits per heavy atom. The fourth-order valence-corrected chi connectivity index (χ4v) is 4.13. The van der Waals surface area contributed by atoms with E-state index >= 15 is 0 Å². The lowest BCUT2D eigenvalue weighted by molar-refractivity contribution is 0.0199. The molecule has 4 unspecified atom stereocenters. The molecular formula is C17H34N2O. The van der Waals surface area contributed by atoms with E-state index < -0.39 is 0 Å². The van der Waals surface area contributed by atoms with Gasteiger partial charge in [-0.1, -0.05) is 13.8 Å². The summed E-state index contributed by atoms with van der Waals surface area (Å²) in [6.07, 6.45) is 6.03. The van der Waals surface area contributed by atoms with Gasteiger partial charge in [0, 0.05) is 19.1 Å². The van der Waals surface area contributed by atoms with Gasteiger partial charge >= 0.3 is 0 Å². The molecule has 20 heavy (non-hydrogen) atoms. The van der Waals surface area contributed by atoms with Crippen molar-refractivity contribution < 1.29 is 5.11 Å². The second-order valence-corrected chi connectivity index (χ2v) is 7.64. The maximum absolute atomic E-state index is 10.3. The van der Waals surface area contributed by atoms with Crippen LogP contribution in [-0.4, -0.2) is 60.8 Å². The molecule has 1 N–H and O–H groups in total. The summed E-state index contributed by atoms with van der Waals surface area (Å²) in [5, 5.41) is 10.3. The molecule has 2 aliphatic rings. The molecule has 3 heteroatoms. The van der Waals surface area contributed by atoms with Gasteiger partial charge in [0.1, 0.15) is 0 Å². The summed E-state index contributed by atoms with van der Waals surface area (Å²) < 4.78 is 0. The van der Waals surface area contributed by atoms with Crippen LogP contribution in [0.25, 0.3) is 0 Å². The SMILES string of the molecule is CC(C)C1CCC(O)C(CN(C)CC2CCCN2C)C1. The molecule has 1 saturated heterocycles. The molecule has 2 rings (SSSR count). The molecule has 1 heterocycles.